The van der Waals surface area contributed by atoms with Crippen LogP contribution in [0.3, 0.4) is 0 Å². The first-order valence-corrected chi connectivity index (χ1v) is 7.72. The standard InChI is InChI=1S/C14H24N2OS/c1-3-12(15)13(11-4-9-18-10-11)16-7-5-14(2,17)6-8-16/h4,9-10,12-13,17H,3,5-8,15H2,1-2H3. The van der Waals surface area contributed by atoms with Crippen LogP contribution in [0.1, 0.15) is 44.7 Å². The van der Waals surface area contributed by atoms with Crippen LogP contribution in [0.4, 0.5) is 0 Å². The van der Waals surface area contributed by atoms with Crippen molar-refractivity contribution in [2.45, 2.75) is 50.8 Å². The molecule has 102 valence electrons. The molecule has 2 rings (SSSR count). The fraction of sp³-hybridized carbons (Fsp3) is 0.714. The number of likely N-dealkylation sites (tertiary alicyclic amines) is 1. The quantitative estimate of drug-likeness (QED) is 0.881. The first-order chi connectivity index (χ1) is 8.53. The number of hydrogen-bond acceptors (Lipinski definition) is 4. The van der Waals surface area contributed by atoms with Gasteiger partial charge in [-0.1, -0.05) is 6.92 Å². The van der Waals surface area contributed by atoms with Crippen molar-refractivity contribution in [3.05, 3.63) is 22.4 Å². The van der Waals surface area contributed by atoms with E-state index in [9.17, 15) is 5.11 Å². The molecule has 0 bridgehead atoms. The average Bonchev–Trinajstić information content (AvgIpc) is 2.85. The van der Waals surface area contributed by atoms with Gasteiger partial charge in [-0.15, -0.1) is 0 Å². The monoisotopic (exact) mass is 268 g/mol. The molecule has 0 amide bonds. The number of rotatable bonds is 4. The normalized spacial score (nSPS) is 23.8. The summed E-state index contributed by atoms with van der Waals surface area (Å²) < 4.78 is 0. The third-order valence-electron chi connectivity index (χ3n) is 4.03. The molecule has 1 aromatic rings. The third-order valence-corrected chi connectivity index (χ3v) is 4.73. The topological polar surface area (TPSA) is 49.5 Å². The molecule has 18 heavy (non-hydrogen) atoms. The molecule has 1 aliphatic heterocycles. The maximum Gasteiger partial charge on any atom is 0.0644 e. The van der Waals surface area contributed by atoms with Crippen LogP contribution in [0.2, 0.25) is 0 Å². The van der Waals surface area contributed by atoms with Crippen LogP contribution in [-0.4, -0.2) is 34.7 Å². The Morgan fingerprint density at radius 1 is 1.50 bits per heavy atom. The van der Waals surface area contributed by atoms with E-state index >= 15 is 0 Å². The summed E-state index contributed by atoms with van der Waals surface area (Å²) in [6, 6.07) is 2.65. The summed E-state index contributed by atoms with van der Waals surface area (Å²) in [5.41, 5.74) is 7.14. The minimum atomic E-state index is -0.494. The van der Waals surface area contributed by atoms with Gasteiger partial charge in [0.15, 0.2) is 0 Å². The lowest BCUT2D eigenvalue weighted by atomic mass is 9.90. The SMILES string of the molecule is CCC(N)C(c1ccsc1)N1CCC(C)(O)CC1. The highest BCUT2D eigenvalue weighted by atomic mass is 32.1. The Morgan fingerprint density at radius 2 is 2.17 bits per heavy atom. The molecule has 4 heteroatoms. The van der Waals surface area contributed by atoms with Crippen LogP contribution >= 0.6 is 11.3 Å². The van der Waals surface area contributed by atoms with Gasteiger partial charge in [0, 0.05) is 19.1 Å². The van der Waals surface area contributed by atoms with E-state index in [-0.39, 0.29) is 6.04 Å². The highest BCUT2D eigenvalue weighted by Crippen LogP contribution is 2.32. The van der Waals surface area contributed by atoms with Crippen LogP contribution < -0.4 is 5.73 Å². The Bertz CT molecular complexity index is 354. The van der Waals surface area contributed by atoms with Crippen LogP contribution in [0.15, 0.2) is 16.8 Å². The second-order valence-electron chi connectivity index (χ2n) is 5.61. The summed E-state index contributed by atoms with van der Waals surface area (Å²) in [6.45, 7) is 5.94. The first-order valence-electron chi connectivity index (χ1n) is 6.77. The molecular formula is C14H24N2OS. The van der Waals surface area contributed by atoms with Gasteiger partial charge in [-0.25, -0.2) is 0 Å². The minimum Gasteiger partial charge on any atom is -0.390 e. The van der Waals surface area contributed by atoms with Crippen LogP contribution in [0, 0.1) is 0 Å². The van der Waals surface area contributed by atoms with Crippen molar-refractivity contribution in [3.8, 4) is 0 Å². The van der Waals surface area contributed by atoms with Crippen molar-refractivity contribution < 1.29 is 5.11 Å². The van der Waals surface area contributed by atoms with E-state index in [2.05, 4.69) is 28.7 Å². The van der Waals surface area contributed by atoms with Gasteiger partial charge in [-0.2, -0.15) is 11.3 Å². The minimum absolute atomic E-state index is 0.169. The third kappa shape index (κ3) is 3.12. The second kappa shape index (κ2) is 5.70. The molecule has 0 spiro atoms. The molecule has 3 N–H and O–H groups in total. The molecule has 1 aromatic heterocycles. The summed E-state index contributed by atoms with van der Waals surface area (Å²) in [7, 11) is 0. The molecule has 2 atom stereocenters. The zero-order chi connectivity index (χ0) is 13.2. The Morgan fingerprint density at radius 3 is 2.67 bits per heavy atom. The zero-order valence-electron chi connectivity index (χ0n) is 11.3. The predicted molar refractivity (Wildman–Crippen MR) is 76.8 cm³/mol. The molecule has 1 fully saturated rings. The van der Waals surface area contributed by atoms with Crippen molar-refractivity contribution in [2.75, 3.05) is 13.1 Å². The van der Waals surface area contributed by atoms with Crippen molar-refractivity contribution in [1.82, 2.24) is 4.90 Å². The molecule has 1 saturated heterocycles. The molecule has 0 saturated carbocycles. The zero-order valence-corrected chi connectivity index (χ0v) is 12.1. The first kappa shape index (κ1) is 14.0. The van der Waals surface area contributed by atoms with E-state index in [4.69, 9.17) is 5.73 Å². The molecular weight excluding hydrogens is 244 g/mol. The molecule has 3 nitrogen and oxygen atoms in total. The van der Waals surface area contributed by atoms with E-state index < -0.39 is 5.60 Å². The summed E-state index contributed by atoms with van der Waals surface area (Å²) >= 11 is 1.73. The van der Waals surface area contributed by atoms with Gasteiger partial charge in [-0.05, 0) is 48.6 Å². The molecule has 0 radical (unpaired) electrons. The number of nitrogens with zero attached hydrogens (tertiary/aromatic N) is 1. The summed E-state index contributed by atoms with van der Waals surface area (Å²) in [5.74, 6) is 0. The molecule has 2 heterocycles. The van der Waals surface area contributed by atoms with Gasteiger partial charge in [0.05, 0.1) is 11.6 Å². The number of thiophene rings is 1. The van der Waals surface area contributed by atoms with E-state index in [0.717, 1.165) is 32.4 Å². The van der Waals surface area contributed by atoms with Crippen molar-refractivity contribution >= 4 is 11.3 Å². The fourth-order valence-electron chi connectivity index (χ4n) is 2.68. The highest BCUT2D eigenvalue weighted by Gasteiger charge is 2.33. The van der Waals surface area contributed by atoms with Crippen LogP contribution in [0.5, 0.6) is 0 Å². The van der Waals surface area contributed by atoms with Gasteiger partial charge in [-0.3, -0.25) is 4.90 Å². The lowest BCUT2D eigenvalue weighted by Crippen LogP contribution is -2.48. The highest BCUT2D eigenvalue weighted by molar-refractivity contribution is 7.07. The Hall–Kier alpha value is -0.420. The van der Waals surface area contributed by atoms with Gasteiger partial charge < -0.3 is 10.8 Å². The Balaban J connectivity index is 2.11. The van der Waals surface area contributed by atoms with Crippen LogP contribution in [-0.2, 0) is 0 Å². The molecule has 1 aliphatic rings. The summed E-state index contributed by atoms with van der Waals surface area (Å²) in [6.07, 6.45) is 2.65. The number of nitrogens with two attached hydrogens (primary N) is 1. The largest absolute Gasteiger partial charge is 0.390 e. The van der Waals surface area contributed by atoms with E-state index in [0.29, 0.717) is 6.04 Å². The van der Waals surface area contributed by atoms with Crippen LogP contribution in [0.25, 0.3) is 0 Å². The lowest BCUT2D eigenvalue weighted by molar-refractivity contribution is -0.0202. The Labute approximate surface area is 114 Å². The average molecular weight is 268 g/mol. The van der Waals surface area contributed by atoms with Crippen molar-refractivity contribution in [2.24, 2.45) is 5.73 Å². The predicted octanol–water partition coefficient (Wildman–Crippen LogP) is 2.37. The fourth-order valence-corrected chi connectivity index (χ4v) is 3.37. The maximum atomic E-state index is 10.0. The Kier molecular flexibility index (Phi) is 4.43. The smallest absolute Gasteiger partial charge is 0.0644 e. The molecule has 0 aliphatic carbocycles. The number of hydrogen-bond donors (Lipinski definition) is 2. The maximum absolute atomic E-state index is 10.0. The number of piperidine rings is 1. The van der Waals surface area contributed by atoms with E-state index in [1.54, 1.807) is 11.3 Å². The number of aliphatic hydroxyl groups is 1. The van der Waals surface area contributed by atoms with Crippen molar-refractivity contribution in [1.29, 1.82) is 0 Å². The van der Waals surface area contributed by atoms with Gasteiger partial charge in [0.25, 0.3) is 0 Å². The molecule has 2 unspecified atom stereocenters. The summed E-state index contributed by atoms with van der Waals surface area (Å²) in [4.78, 5) is 2.44. The van der Waals surface area contributed by atoms with E-state index in [1.807, 2.05) is 6.92 Å². The van der Waals surface area contributed by atoms with Gasteiger partial charge in [0.1, 0.15) is 0 Å². The van der Waals surface area contributed by atoms with E-state index in [1.165, 1.54) is 5.56 Å². The molecule has 0 aromatic carbocycles. The van der Waals surface area contributed by atoms with Gasteiger partial charge >= 0.3 is 0 Å². The van der Waals surface area contributed by atoms with Gasteiger partial charge in [0.2, 0.25) is 0 Å². The van der Waals surface area contributed by atoms with Crippen molar-refractivity contribution in [3.63, 3.8) is 0 Å². The lowest BCUT2D eigenvalue weighted by Gasteiger charge is -2.42. The second-order valence-corrected chi connectivity index (χ2v) is 6.39. The summed E-state index contributed by atoms with van der Waals surface area (Å²) in [5, 5.41) is 14.4.